The Hall–Kier alpha value is -1.07. The molecule has 1 N–H and O–H groups in total. The highest BCUT2D eigenvalue weighted by Crippen LogP contribution is 2.23. The fraction of sp³-hybridized carbons (Fsp3) is 0.429. The minimum absolute atomic E-state index is 0.377. The molecule has 0 bridgehead atoms. The summed E-state index contributed by atoms with van der Waals surface area (Å²) in [5.41, 5.74) is -0.203. The Bertz CT molecular complexity index is 526. The predicted molar refractivity (Wildman–Crippen MR) is 81.9 cm³/mol. The van der Waals surface area contributed by atoms with Crippen molar-refractivity contribution in [2.24, 2.45) is 0 Å². The molecule has 0 fully saturated rings. The van der Waals surface area contributed by atoms with Crippen LogP contribution in [0.4, 0.5) is 0 Å². The van der Waals surface area contributed by atoms with Gasteiger partial charge in [0.25, 0.3) is 5.91 Å². The van der Waals surface area contributed by atoms with Gasteiger partial charge >= 0.3 is 5.97 Å². The molecule has 1 atom stereocenters. The zero-order chi connectivity index (χ0) is 15.5. The molecule has 0 aromatic heterocycles. The molecule has 110 valence electrons. The Labute approximate surface area is 132 Å². The molecule has 0 unspecified atom stereocenters. The van der Waals surface area contributed by atoms with E-state index >= 15 is 0 Å². The van der Waals surface area contributed by atoms with E-state index in [1.165, 1.54) is 6.07 Å². The lowest BCUT2D eigenvalue weighted by atomic mass is 10.2. The van der Waals surface area contributed by atoms with Crippen molar-refractivity contribution in [2.45, 2.75) is 39.3 Å². The highest BCUT2D eigenvalue weighted by molar-refractivity contribution is 9.10. The predicted octanol–water partition coefficient (Wildman–Crippen LogP) is 3.56. The maximum Gasteiger partial charge on any atom is 0.328 e. The first kappa shape index (κ1) is 17.0. The van der Waals surface area contributed by atoms with Gasteiger partial charge in [-0.3, -0.25) is 4.79 Å². The molecular weight excluding hydrogens is 346 g/mol. The first-order valence-electron chi connectivity index (χ1n) is 6.09. The summed E-state index contributed by atoms with van der Waals surface area (Å²) in [6.07, 6.45) is 0. The van der Waals surface area contributed by atoms with Crippen LogP contribution in [0.3, 0.4) is 0 Å². The largest absolute Gasteiger partial charge is 0.458 e. The van der Waals surface area contributed by atoms with Crippen molar-refractivity contribution in [3.63, 3.8) is 0 Å². The number of carbonyl (C=O) groups excluding carboxylic acids is 2. The molecule has 0 aliphatic carbocycles. The monoisotopic (exact) mass is 361 g/mol. The van der Waals surface area contributed by atoms with Gasteiger partial charge in [-0.2, -0.15) is 0 Å². The van der Waals surface area contributed by atoms with Crippen LogP contribution in [0.5, 0.6) is 0 Å². The number of benzene rings is 1. The van der Waals surface area contributed by atoms with E-state index in [9.17, 15) is 9.59 Å². The second kappa shape index (κ2) is 6.59. The molecule has 0 aliphatic rings. The summed E-state index contributed by atoms with van der Waals surface area (Å²) in [4.78, 5) is 23.8. The van der Waals surface area contributed by atoms with Gasteiger partial charge in [-0.15, -0.1) is 0 Å². The van der Waals surface area contributed by atoms with Crippen molar-refractivity contribution in [3.8, 4) is 0 Å². The fourth-order valence-electron chi connectivity index (χ4n) is 1.37. The van der Waals surface area contributed by atoms with Crippen LogP contribution in [0.15, 0.2) is 22.7 Å². The van der Waals surface area contributed by atoms with Crippen LogP contribution in [0.1, 0.15) is 38.1 Å². The van der Waals surface area contributed by atoms with Crippen molar-refractivity contribution >= 4 is 39.4 Å². The lowest BCUT2D eigenvalue weighted by Crippen LogP contribution is -2.42. The van der Waals surface area contributed by atoms with E-state index in [1.807, 2.05) is 0 Å². The van der Waals surface area contributed by atoms with Crippen LogP contribution in [-0.4, -0.2) is 23.5 Å². The molecule has 6 heteroatoms. The maximum atomic E-state index is 12.0. The quantitative estimate of drug-likeness (QED) is 0.836. The molecule has 20 heavy (non-hydrogen) atoms. The van der Waals surface area contributed by atoms with Crippen molar-refractivity contribution < 1.29 is 14.3 Å². The van der Waals surface area contributed by atoms with E-state index < -0.39 is 17.6 Å². The van der Waals surface area contributed by atoms with Crippen LogP contribution in [0.25, 0.3) is 0 Å². The Morgan fingerprint density at radius 1 is 1.35 bits per heavy atom. The first-order chi connectivity index (χ1) is 9.10. The Morgan fingerprint density at radius 2 is 1.95 bits per heavy atom. The van der Waals surface area contributed by atoms with Crippen LogP contribution in [0, 0.1) is 0 Å². The number of ether oxygens (including phenoxy) is 1. The lowest BCUT2D eigenvalue weighted by molar-refractivity contribution is -0.156. The molecule has 1 aromatic rings. The average Bonchev–Trinajstić information content (AvgIpc) is 2.30. The van der Waals surface area contributed by atoms with E-state index in [2.05, 4.69) is 21.2 Å². The molecular formula is C14H17BrClNO3. The SMILES string of the molecule is C[C@@H](NC(=O)c1ccc(Br)c(Cl)c1)C(=O)OC(C)(C)C. The standard InChI is InChI=1S/C14H17BrClNO3/c1-8(13(19)20-14(2,3)4)17-12(18)9-5-6-10(15)11(16)7-9/h5-8H,1-4H3,(H,17,18)/t8-/m1/s1. The van der Waals surface area contributed by atoms with Crippen molar-refractivity contribution in [2.75, 3.05) is 0 Å². The highest BCUT2D eigenvalue weighted by Gasteiger charge is 2.23. The molecule has 0 radical (unpaired) electrons. The van der Waals surface area contributed by atoms with E-state index in [4.69, 9.17) is 16.3 Å². The molecule has 1 rings (SSSR count). The van der Waals surface area contributed by atoms with Crippen LogP contribution in [0.2, 0.25) is 5.02 Å². The van der Waals surface area contributed by atoms with E-state index in [1.54, 1.807) is 39.8 Å². The molecule has 0 saturated carbocycles. The summed E-state index contributed by atoms with van der Waals surface area (Å²) in [5, 5.41) is 3.01. The fourth-order valence-corrected chi connectivity index (χ4v) is 1.79. The molecule has 0 aliphatic heterocycles. The average molecular weight is 363 g/mol. The highest BCUT2D eigenvalue weighted by atomic mass is 79.9. The van der Waals surface area contributed by atoms with E-state index in [0.29, 0.717) is 15.1 Å². The summed E-state index contributed by atoms with van der Waals surface area (Å²) in [6.45, 7) is 6.89. The Morgan fingerprint density at radius 3 is 2.45 bits per heavy atom. The summed E-state index contributed by atoms with van der Waals surface area (Å²) in [5.74, 6) is -0.855. The third-order valence-electron chi connectivity index (χ3n) is 2.29. The zero-order valence-electron chi connectivity index (χ0n) is 11.8. The van der Waals surface area contributed by atoms with E-state index in [0.717, 1.165) is 0 Å². The van der Waals surface area contributed by atoms with Crippen LogP contribution in [-0.2, 0) is 9.53 Å². The van der Waals surface area contributed by atoms with Crippen LogP contribution >= 0.6 is 27.5 Å². The Balaban J connectivity index is 2.70. The maximum absolute atomic E-state index is 12.0. The zero-order valence-corrected chi connectivity index (χ0v) is 14.1. The minimum atomic E-state index is -0.732. The molecule has 4 nitrogen and oxygen atoms in total. The van der Waals surface area contributed by atoms with Gasteiger partial charge < -0.3 is 10.1 Å². The second-order valence-corrected chi connectivity index (χ2v) is 6.62. The summed E-state index contributed by atoms with van der Waals surface area (Å²) >= 11 is 9.17. The number of nitrogens with one attached hydrogen (secondary N) is 1. The smallest absolute Gasteiger partial charge is 0.328 e. The van der Waals surface area contributed by atoms with Gasteiger partial charge in [-0.05, 0) is 61.8 Å². The molecule has 0 heterocycles. The second-order valence-electron chi connectivity index (χ2n) is 5.36. The van der Waals surface area contributed by atoms with Gasteiger partial charge in [0.15, 0.2) is 0 Å². The number of esters is 1. The van der Waals surface area contributed by atoms with Gasteiger partial charge in [-0.25, -0.2) is 4.79 Å². The van der Waals surface area contributed by atoms with Crippen molar-refractivity contribution in [3.05, 3.63) is 33.3 Å². The first-order valence-corrected chi connectivity index (χ1v) is 7.26. The third-order valence-corrected chi connectivity index (χ3v) is 3.52. The number of amides is 1. The minimum Gasteiger partial charge on any atom is -0.458 e. The Kier molecular flexibility index (Phi) is 5.59. The van der Waals surface area contributed by atoms with Crippen molar-refractivity contribution in [1.29, 1.82) is 0 Å². The van der Waals surface area contributed by atoms with Gasteiger partial charge in [0.05, 0.1) is 5.02 Å². The normalized spacial score (nSPS) is 12.7. The number of hydrogen-bond donors (Lipinski definition) is 1. The molecule has 0 spiro atoms. The van der Waals surface area contributed by atoms with E-state index in [-0.39, 0.29) is 5.91 Å². The molecule has 1 aromatic carbocycles. The summed E-state index contributed by atoms with van der Waals surface area (Å²) < 4.78 is 5.90. The van der Waals surface area contributed by atoms with Crippen molar-refractivity contribution in [1.82, 2.24) is 5.32 Å². The van der Waals surface area contributed by atoms with Gasteiger partial charge in [-0.1, -0.05) is 11.6 Å². The third kappa shape index (κ3) is 5.13. The van der Waals surface area contributed by atoms with Gasteiger partial charge in [0.2, 0.25) is 0 Å². The van der Waals surface area contributed by atoms with Gasteiger partial charge in [0, 0.05) is 10.0 Å². The molecule has 0 saturated heterocycles. The summed E-state index contributed by atoms with van der Waals surface area (Å²) in [7, 11) is 0. The lowest BCUT2D eigenvalue weighted by Gasteiger charge is -2.22. The number of carbonyl (C=O) groups is 2. The number of hydrogen-bond acceptors (Lipinski definition) is 3. The number of halogens is 2. The summed E-state index contributed by atoms with van der Waals surface area (Å²) in [6, 6.07) is 4.09. The molecule has 1 amide bonds. The van der Waals surface area contributed by atoms with Crippen LogP contribution < -0.4 is 5.32 Å². The topological polar surface area (TPSA) is 55.4 Å². The number of rotatable bonds is 3. The van der Waals surface area contributed by atoms with Gasteiger partial charge in [0.1, 0.15) is 11.6 Å².